The molecule has 1 aliphatic heterocycles. The fraction of sp³-hybridized carbons (Fsp3) is 0.389. The molecule has 1 saturated heterocycles. The van der Waals surface area contributed by atoms with Crippen LogP contribution in [0, 0.1) is 5.82 Å². The van der Waals surface area contributed by atoms with Gasteiger partial charge in [0.1, 0.15) is 17.4 Å². The first-order chi connectivity index (χ1) is 12.8. The molecule has 0 radical (unpaired) electrons. The number of hydrogen-bond acceptors (Lipinski definition) is 5. The quantitative estimate of drug-likeness (QED) is 0.798. The first-order valence-corrected chi connectivity index (χ1v) is 8.32. The highest BCUT2D eigenvalue weighted by Crippen LogP contribution is 2.37. The van der Waals surface area contributed by atoms with Crippen molar-refractivity contribution in [1.82, 2.24) is 15.3 Å². The lowest BCUT2D eigenvalue weighted by Crippen LogP contribution is -2.31. The molecule has 1 aliphatic rings. The Balaban J connectivity index is 1.76. The molecule has 1 aromatic carbocycles. The molecule has 0 spiro atoms. The minimum Gasteiger partial charge on any atom is -0.473 e. The molecular weight excluding hydrogens is 366 g/mol. The number of hydrogen-bond donors (Lipinski definition) is 1. The Bertz CT molecular complexity index is 811. The van der Waals surface area contributed by atoms with Crippen molar-refractivity contribution in [3.05, 3.63) is 53.9 Å². The molecule has 144 valence electrons. The van der Waals surface area contributed by atoms with E-state index in [1.165, 1.54) is 19.1 Å². The number of halogens is 4. The molecule has 2 heterocycles. The molecule has 5 nitrogen and oxygen atoms in total. The van der Waals surface area contributed by atoms with Crippen molar-refractivity contribution in [2.75, 3.05) is 0 Å². The van der Waals surface area contributed by atoms with Gasteiger partial charge < -0.3 is 4.74 Å². The fourth-order valence-electron chi connectivity index (χ4n) is 2.96. The van der Waals surface area contributed by atoms with Crippen LogP contribution in [0.4, 0.5) is 17.6 Å². The van der Waals surface area contributed by atoms with Gasteiger partial charge in [0.05, 0.1) is 24.5 Å². The lowest BCUT2D eigenvalue weighted by atomic mass is 10.1. The van der Waals surface area contributed by atoms with E-state index >= 15 is 0 Å². The molecule has 3 rings (SSSR count). The molecule has 27 heavy (non-hydrogen) atoms. The highest BCUT2D eigenvalue weighted by molar-refractivity contribution is 5.81. The highest BCUT2D eigenvalue weighted by Gasteiger charge is 2.44. The number of Topliss-reactive ketones (excluding diaryl/α,β-unsaturated/α-hetero) is 1. The number of carbonyl (C=O) groups is 1. The third-order valence-electron chi connectivity index (χ3n) is 4.34. The van der Waals surface area contributed by atoms with Crippen molar-refractivity contribution >= 4 is 5.78 Å². The minimum absolute atomic E-state index is 0.00959. The number of alkyl halides is 3. The summed E-state index contributed by atoms with van der Waals surface area (Å²) in [6.45, 7) is 1.48. The molecule has 3 unspecified atom stereocenters. The zero-order valence-electron chi connectivity index (χ0n) is 14.3. The summed E-state index contributed by atoms with van der Waals surface area (Å²) in [6, 6.07) is 4.04. The molecule has 0 amide bonds. The van der Waals surface area contributed by atoms with Crippen LogP contribution in [0.3, 0.4) is 0 Å². The average Bonchev–Trinajstić information content (AvgIpc) is 3.10. The molecule has 0 bridgehead atoms. The Morgan fingerprint density at radius 2 is 1.89 bits per heavy atom. The summed E-state index contributed by atoms with van der Waals surface area (Å²) in [4.78, 5) is 19.5. The third-order valence-corrected chi connectivity index (χ3v) is 4.34. The summed E-state index contributed by atoms with van der Waals surface area (Å²) < 4.78 is 58.8. The summed E-state index contributed by atoms with van der Waals surface area (Å²) in [6.07, 6.45) is -3.77. The summed E-state index contributed by atoms with van der Waals surface area (Å²) in [5.74, 6) is -0.871. The van der Waals surface area contributed by atoms with E-state index in [2.05, 4.69) is 15.3 Å². The van der Waals surface area contributed by atoms with Crippen LogP contribution in [-0.4, -0.2) is 28.0 Å². The topological polar surface area (TPSA) is 64.1 Å². The van der Waals surface area contributed by atoms with E-state index in [9.17, 15) is 22.4 Å². The van der Waals surface area contributed by atoms with Gasteiger partial charge in [-0.05, 0) is 25.8 Å². The Hall–Kier alpha value is -2.55. The molecule has 2 aromatic rings. The molecule has 1 N–H and O–H groups in total. The van der Waals surface area contributed by atoms with E-state index in [0.29, 0.717) is 18.7 Å². The second-order valence-corrected chi connectivity index (χ2v) is 6.30. The molecule has 0 aliphatic carbocycles. The number of benzene rings is 1. The average molecular weight is 383 g/mol. The Morgan fingerprint density at radius 1 is 1.22 bits per heavy atom. The zero-order chi connectivity index (χ0) is 19.6. The highest BCUT2D eigenvalue weighted by atomic mass is 19.4. The standard InChI is InChI=1S/C18H17F4N3O2/c1-10(26)14-6-7-15(25-14)17-23-8-11(9-24-17)27-16(18(20,21)22)12-4-2-3-5-13(12)19/h2-5,8-9,14-16,25H,6-7H2,1H3. The van der Waals surface area contributed by atoms with Gasteiger partial charge in [-0.3, -0.25) is 10.1 Å². The SMILES string of the molecule is CC(=O)C1CCC(c2ncc(OC(c3ccccc3F)C(F)(F)F)cn2)N1. The van der Waals surface area contributed by atoms with Crippen LogP contribution in [0.1, 0.15) is 43.3 Å². The van der Waals surface area contributed by atoms with E-state index in [0.717, 1.165) is 24.5 Å². The van der Waals surface area contributed by atoms with Gasteiger partial charge in [0.25, 0.3) is 0 Å². The van der Waals surface area contributed by atoms with Gasteiger partial charge in [-0.25, -0.2) is 14.4 Å². The number of nitrogens with zero attached hydrogens (tertiary/aromatic N) is 2. The van der Waals surface area contributed by atoms with Crippen molar-refractivity contribution < 1.29 is 27.1 Å². The van der Waals surface area contributed by atoms with Crippen LogP contribution < -0.4 is 10.1 Å². The van der Waals surface area contributed by atoms with Gasteiger partial charge in [-0.2, -0.15) is 13.2 Å². The molecule has 9 heteroatoms. The lowest BCUT2D eigenvalue weighted by Gasteiger charge is -2.22. The van der Waals surface area contributed by atoms with Crippen LogP contribution in [-0.2, 0) is 4.79 Å². The van der Waals surface area contributed by atoms with E-state index in [1.54, 1.807) is 0 Å². The normalized spacial score (nSPS) is 21.1. The number of nitrogens with one attached hydrogen (secondary N) is 1. The number of aromatic nitrogens is 2. The van der Waals surface area contributed by atoms with Crippen LogP contribution in [0.5, 0.6) is 5.75 Å². The largest absolute Gasteiger partial charge is 0.473 e. The van der Waals surface area contributed by atoms with Crippen molar-refractivity contribution in [2.45, 2.75) is 44.1 Å². The zero-order valence-corrected chi connectivity index (χ0v) is 14.3. The van der Waals surface area contributed by atoms with Crippen LogP contribution in [0.15, 0.2) is 36.7 Å². The number of rotatable bonds is 5. The molecular formula is C18H17F4N3O2. The molecule has 1 aromatic heterocycles. The summed E-state index contributed by atoms with van der Waals surface area (Å²) >= 11 is 0. The van der Waals surface area contributed by atoms with Crippen LogP contribution >= 0.6 is 0 Å². The molecule has 1 fully saturated rings. The second-order valence-electron chi connectivity index (χ2n) is 6.30. The molecule has 0 saturated carbocycles. The van der Waals surface area contributed by atoms with Crippen molar-refractivity contribution in [3.63, 3.8) is 0 Å². The van der Waals surface area contributed by atoms with E-state index in [4.69, 9.17) is 4.74 Å². The Labute approximate surface area is 152 Å². The number of ether oxygens (including phenoxy) is 1. The Morgan fingerprint density at radius 3 is 2.44 bits per heavy atom. The van der Waals surface area contributed by atoms with Crippen molar-refractivity contribution in [2.24, 2.45) is 0 Å². The number of carbonyl (C=O) groups excluding carboxylic acids is 1. The predicted molar refractivity (Wildman–Crippen MR) is 87.4 cm³/mol. The molecule has 3 atom stereocenters. The summed E-state index contributed by atoms with van der Waals surface area (Å²) in [5, 5.41) is 3.08. The minimum atomic E-state index is -4.82. The van der Waals surface area contributed by atoms with Gasteiger partial charge >= 0.3 is 6.18 Å². The van der Waals surface area contributed by atoms with E-state index in [1.807, 2.05) is 0 Å². The first-order valence-electron chi connectivity index (χ1n) is 8.32. The van der Waals surface area contributed by atoms with Gasteiger partial charge in [0, 0.05) is 5.56 Å². The monoisotopic (exact) mass is 383 g/mol. The van der Waals surface area contributed by atoms with E-state index in [-0.39, 0.29) is 23.6 Å². The lowest BCUT2D eigenvalue weighted by molar-refractivity contribution is -0.198. The maximum absolute atomic E-state index is 13.8. The number of ketones is 1. The maximum Gasteiger partial charge on any atom is 0.429 e. The van der Waals surface area contributed by atoms with Gasteiger partial charge in [-0.15, -0.1) is 0 Å². The van der Waals surface area contributed by atoms with Crippen LogP contribution in [0.2, 0.25) is 0 Å². The fourth-order valence-corrected chi connectivity index (χ4v) is 2.96. The predicted octanol–water partition coefficient (Wildman–Crippen LogP) is 3.68. The first kappa shape index (κ1) is 19.2. The van der Waals surface area contributed by atoms with Crippen molar-refractivity contribution in [1.29, 1.82) is 0 Å². The summed E-state index contributed by atoms with van der Waals surface area (Å²) in [5.41, 5.74) is -0.615. The van der Waals surface area contributed by atoms with Crippen molar-refractivity contribution in [3.8, 4) is 5.75 Å². The Kier molecular flexibility index (Phi) is 5.41. The second kappa shape index (κ2) is 7.59. The smallest absolute Gasteiger partial charge is 0.429 e. The van der Waals surface area contributed by atoms with Gasteiger partial charge in [0.15, 0.2) is 5.75 Å². The van der Waals surface area contributed by atoms with E-state index < -0.39 is 23.7 Å². The summed E-state index contributed by atoms with van der Waals surface area (Å²) in [7, 11) is 0. The van der Waals surface area contributed by atoms with Gasteiger partial charge in [0.2, 0.25) is 6.10 Å². The maximum atomic E-state index is 13.8. The van der Waals surface area contributed by atoms with Gasteiger partial charge in [-0.1, -0.05) is 18.2 Å². The third kappa shape index (κ3) is 4.41. The van der Waals surface area contributed by atoms with Crippen LogP contribution in [0.25, 0.3) is 0 Å².